The molecule has 128 valence electrons. The average Bonchev–Trinajstić information content (AvgIpc) is 2.58. The second-order valence-electron chi connectivity index (χ2n) is 5.21. The molecule has 0 amide bonds. The second kappa shape index (κ2) is 8.41. The van der Waals surface area contributed by atoms with Crippen LogP contribution in [0.25, 0.3) is 0 Å². The first kappa shape index (κ1) is 18.6. The summed E-state index contributed by atoms with van der Waals surface area (Å²) in [5, 5.41) is 34.4. The van der Waals surface area contributed by atoms with Gasteiger partial charge in [-0.25, -0.2) is 0 Å². The van der Waals surface area contributed by atoms with Gasteiger partial charge in [0.25, 0.3) is 5.69 Å². The van der Waals surface area contributed by atoms with Crippen LogP contribution in [0.4, 0.5) is 5.69 Å². The summed E-state index contributed by atoms with van der Waals surface area (Å²) in [6, 6.07) is 10.1. The Hall–Kier alpha value is -1.70. The number of hydrogen-bond donors (Lipinski definition) is 3. The van der Waals surface area contributed by atoms with Crippen molar-refractivity contribution >= 4 is 28.9 Å². The van der Waals surface area contributed by atoms with E-state index >= 15 is 0 Å². The van der Waals surface area contributed by atoms with Gasteiger partial charge in [0.2, 0.25) is 0 Å². The molecule has 0 unspecified atom stereocenters. The summed E-state index contributed by atoms with van der Waals surface area (Å²) in [6.07, 6.45) is -1.02. The zero-order chi connectivity index (χ0) is 17.7. The monoisotopic (exact) mass is 370 g/mol. The van der Waals surface area contributed by atoms with Crippen molar-refractivity contribution in [2.45, 2.75) is 18.7 Å². The molecule has 0 saturated carbocycles. The molecular formula is C16H16Cl2N2O4. The summed E-state index contributed by atoms with van der Waals surface area (Å²) < 4.78 is 0. The van der Waals surface area contributed by atoms with Crippen molar-refractivity contribution in [2.75, 3.05) is 6.61 Å². The molecule has 24 heavy (non-hydrogen) atoms. The normalized spacial score (nSPS) is 13.5. The predicted octanol–water partition coefficient (Wildman–Crippen LogP) is 3.09. The molecule has 3 N–H and O–H groups in total. The van der Waals surface area contributed by atoms with Crippen molar-refractivity contribution in [3.05, 3.63) is 73.8 Å². The Morgan fingerprint density at radius 3 is 2.33 bits per heavy atom. The number of rotatable bonds is 7. The Kier molecular flexibility index (Phi) is 6.53. The first-order valence-corrected chi connectivity index (χ1v) is 7.88. The lowest BCUT2D eigenvalue weighted by atomic mass is 10.0. The number of halogens is 2. The molecule has 0 saturated heterocycles. The lowest BCUT2D eigenvalue weighted by Gasteiger charge is -2.22. The summed E-state index contributed by atoms with van der Waals surface area (Å²) in [6.45, 7) is 0.0611. The maximum Gasteiger partial charge on any atom is 0.269 e. The van der Waals surface area contributed by atoms with Gasteiger partial charge < -0.3 is 15.5 Å². The van der Waals surface area contributed by atoms with Crippen LogP contribution in [0.3, 0.4) is 0 Å². The number of aliphatic hydroxyl groups excluding tert-OH is 2. The average molecular weight is 371 g/mol. The number of nitro groups is 1. The van der Waals surface area contributed by atoms with E-state index in [9.17, 15) is 20.3 Å². The molecule has 0 radical (unpaired) electrons. The molecule has 0 aliphatic heterocycles. The summed E-state index contributed by atoms with van der Waals surface area (Å²) >= 11 is 11.8. The minimum Gasteiger partial charge on any atom is -0.395 e. The highest BCUT2D eigenvalue weighted by Crippen LogP contribution is 2.23. The van der Waals surface area contributed by atoms with E-state index in [1.807, 2.05) is 0 Å². The van der Waals surface area contributed by atoms with Gasteiger partial charge >= 0.3 is 0 Å². The lowest BCUT2D eigenvalue weighted by Crippen LogP contribution is -2.37. The van der Waals surface area contributed by atoms with Crippen molar-refractivity contribution in [3.8, 4) is 0 Å². The van der Waals surface area contributed by atoms with Gasteiger partial charge in [-0.3, -0.25) is 10.1 Å². The quantitative estimate of drug-likeness (QED) is 0.514. The third-order valence-electron chi connectivity index (χ3n) is 3.58. The van der Waals surface area contributed by atoms with E-state index in [0.717, 1.165) is 5.56 Å². The van der Waals surface area contributed by atoms with E-state index in [1.165, 1.54) is 24.3 Å². The Morgan fingerprint density at radius 2 is 1.79 bits per heavy atom. The molecular weight excluding hydrogens is 355 g/mol. The molecule has 6 nitrogen and oxygen atoms in total. The highest BCUT2D eigenvalue weighted by molar-refractivity contribution is 6.42. The van der Waals surface area contributed by atoms with Gasteiger partial charge in [-0.2, -0.15) is 0 Å². The van der Waals surface area contributed by atoms with Crippen molar-refractivity contribution in [1.82, 2.24) is 5.32 Å². The Bertz CT molecular complexity index is 710. The van der Waals surface area contributed by atoms with Crippen LogP contribution in [0.1, 0.15) is 17.2 Å². The van der Waals surface area contributed by atoms with Crippen LogP contribution in [-0.2, 0) is 6.54 Å². The van der Waals surface area contributed by atoms with E-state index in [2.05, 4.69) is 5.32 Å². The standard InChI is InChI=1S/C16H16Cl2N2O4/c17-13-6-1-10(7-14(13)18)8-19-15(9-21)16(22)11-2-4-12(5-3-11)20(23)24/h1-7,15-16,19,21-22H,8-9H2/t15-,16+/m0/s1. The molecule has 0 aliphatic rings. The summed E-state index contributed by atoms with van der Waals surface area (Å²) in [5.41, 5.74) is 1.26. The van der Waals surface area contributed by atoms with Gasteiger partial charge in [0, 0.05) is 18.7 Å². The number of hydrogen-bond acceptors (Lipinski definition) is 5. The smallest absolute Gasteiger partial charge is 0.269 e. The lowest BCUT2D eigenvalue weighted by molar-refractivity contribution is -0.384. The van der Waals surface area contributed by atoms with Crippen LogP contribution in [0, 0.1) is 10.1 Å². The van der Waals surface area contributed by atoms with Crippen molar-refractivity contribution in [3.63, 3.8) is 0 Å². The second-order valence-corrected chi connectivity index (χ2v) is 6.03. The topological polar surface area (TPSA) is 95.6 Å². The predicted molar refractivity (Wildman–Crippen MR) is 92.2 cm³/mol. The fourth-order valence-electron chi connectivity index (χ4n) is 2.20. The molecule has 2 aromatic rings. The molecule has 2 aromatic carbocycles. The minimum atomic E-state index is -1.02. The van der Waals surface area contributed by atoms with E-state index in [-0.39, 0.29) is 12.3 Å². The highest BCUT2D eigenvalue weighted by atomic mass is 35.5. The van der Waals surface area contributed by atoms with Gasteiger partial charge in [0.1, 0.15) is 0 Å². The first-order chi connectivity index (χ1) is 11.4. The Balaban J connectivity index is 2.03. The summed E-state index contributed by atoms with van der Waals surface area (Å²) in [4.78, 5) is 10.1. The Labute approximate surface area is 148 Å². The fraction of sp³-hybridized carbons (Fsp3) is 0.250. The molecule has 0 fully saturated rings. The van der Waals surface area contributed by atoms with E-state index < -0.39 is 17.1 Å². The number of benzene rings is 2. The van der Waals surface area contributed by atoms with Gasteiger partial charge in [0.05, 0.1) is 33.7 Å². The maximum atomic E-state index is 10.7. The van der Waals surface area contributed by atoms with Crippen molar-refractivity contribution < 1.29 is 15.1 Å². The largest absolute Gasteiger partial charge is 0.395 e. The number of non-ortho nitro benzene ring substituents is 1. The molecule has 0 aromatic heterocycles. The van der Waals surface area contributed by atoms with Crippen LogP contribution in [0.5, 0.6) is 0 Å². The van der Waals surface area contributed by atoms with Gasteiger partial charge in [-0.05, 0) is 35.4 Å². The molecule has 2 atom stereocenters. The Morgan fingerprint density at radius 1 is 1.12 bits per heavy atom. The SMILES string of the molecule is O=[N+]([O-])c1ccc([C@@H](O)[C@H](CO)NCc2ccc(Cl)c(Cl)c2)cc1. The van der Waals surface area contributed by atoms with Crippen LogP contribution >= 0.6 is 23.2 Å². The van der Waals surface area contributed by atoms with Crippen molar-refractivity contribution in [2.24, 2.45) is 0 Å². The van der Waals surface area contributed by atoms with Gasteiger partial charge in [-0.1, -0.05) is 29.3 Å². The van der Waals surface area contributed by atoms with Crippen LogP contribution < -0.4 is 5.32 Å². The molecule has 2 rings (SSSR count). The molecule has 0 aliphatic carbocycles. The molecule has 0 spiro atoms. The third kappa shape index (κ3) is 4.66. The minimum absolute atomic E-state index is 0.0599. The molecule has 0 heterocycles. The van der Waals surface area contributed by atoms with Crippen LogP contribution in [-0.4, -0.2) is 27.8 Å². The number of nitrogens with one attached hydrogen (secondary N) is 1. The third-order valence-corrected chi connectivity index (χ3v) is 4.31. The van der Waals surface area contributed by atoms with Crippen LogP contribution in [0.15, 0.2) is 42.5 Å². The first-order valence-electron chi connectivity index (χ1n) is 7.13. The van der Waals surface area contributed by atoms with E-state index in [4.69, 9.17) is 23.2 Å². The fourth-order valence-corrected chi connectivity index (χ4v) is 2.52. The zero-order valence-electron chi connectivity index (χ0n) is 12.5. The zero-order valence-corrected chi connectivity index (χ0v) is 14.0. The van der Waals surface area contributed by atoms with E-state index in [0.29, 0.717) is 22.2 Å². The number of aliphatic hydroxyl groups is 2. The molecule has 8 heteroatoms. The number of nitrogens with zero attached hydrogens (tertiary/aromatic N) is 1. The van der Waals surface area contributed by atoms with Gasteiger partial charge in [-0.15, -0.1) is 0 Å². The van der Waals surface area contributed by atoms with Crippen LogP contribution in [0.2, 0.25) is 10.0 Å². The maximum absolute atomic E-state index is 10.7. The summed E-state index contributed by atoms with van der Waals surface area (Å²) in [5.74, 6) is 0. The molecule has 0 bridgehead atoms. The summed E-state index contributed by atoms with van der Waals surface area (Å²) in [7, 11) is 0. The van der Waals surface area contributed by atoms with Gasteiger partial charge in [0.15, 0.2) is 0 Å². The van der Waals surface area contributed by atoms with E-state index in [1.54, 1.807) is 18.2 Å². The highest BCUT2D eigenvalue weighted by Gasteiger charge is 2.20. The van der Waals surface area contributed by atoms with Crippen molar-refractivity contribution in [1.29, 1.82) is 0 Å². The number of nitro benzene ring substituents is 1.